The summed E-state index contributed by atoms with van der Waals surface area (Å²) in [6.07, 6.45) is 2.45. The second-order valence-electron chi connectivity index (χ2n) is 10.2. The lowest BCUT2D eigenvalue weighted by Gasteiger charge is -2.27. The summed E-state index contributed by atoms with van der Waals surface area (Å²) in [5.41, 5.74) is 4.92. The molecule has 1 aromatic heterocycles. The van der Waals surface area contributed by atoms with E-state index in [-0.39, 0.29) is 18.5 Å². The monoisotopic (exact) mass is 508 g/mol. The molecule has 0 aliphatic carbocycles. The van der Waals surface area contributed by atoms with Crippen LogP contribution in [-0.2, 0) is 38.7 Å². The molecule has 2 atom stereocenters. The molecule has 37 heavy (non-hydrogen) atoms. The average molecular weight is 509 g/mol. The quantitative estimate of drug-likeness (QED) is 0.257. The number of aromatic nitrogens is 2. The maximum absolute atomic E-state index is 13.2. The number of ether oxygens (including phenoxy) is 1. The van der Waals surface area contributed by atoms with E-state index in [0.29, 0.717) is 19.3 Å². The molecule has 8 heteroatoms. The van der Waals surface area contributed by atoms with E-state index < -0.39 is 17.7 Å². The Labute approximate surface area is 219 Å². The number of esters is 1. The van der Waals surface area contributed by atoms with Gasteiger partial charge in [-0.1, -0.05) is 56.3 Å². The van der Waals surface area contributed by atoms with Crippen LogP contribution in [0.25, 0.3) is 11.0 Å². The zero-order chi connectivity index (χ0) is 26.8. The molecule has 2 aromatic carbocycles. The van der Waals surface area contributed by atoms with Crippen molar-refractivity contribution in [2.45, 2.75) is 91.1 Å². The number of aryl methyl sites for hydroxylation is 2. The summed E-state index contributed by atoms with van der Waals surface area (Å²) in [5.74, 6) is 0.200. The Morgan fingerprint density at radius 3 is 2.38 bits per heavy atom. The van der Waals surface area contributed by atoms with Crippen LogP contribution in [0.3, 0.4) is 0 Å². The van der Waals surface area contributed by atoms with Gasteiger partial charge in [-0.2, -0.15) is 0 Å². The van der Waals surface area contributed by atoms with Crippen molar-refractivity contribution in [1.29, 1.82) is 0 Å². The molecule has 0 aliphatic heterocycles. The van der Waals surface area contributed by atoms with Gasteiger partial charge in [0, 0.05) is 13.0 Å². The summed E-state index contributed by atoms with van der Waals surface area (Å²) in [5, 5.41) is 3.23. The molecule has 0 fully saturated rings. The van der Waals surface area contributed by atoms with Crippen molar-refractivity contribution in [1.82, 2.24) is 20.3 Å². The van der Waals surface area contributed by atoms with Gasteiger partial charge in [0.1, 0.15) is 17.5 Å². The van der Waals surface area contributed by atoms with E-state index in [0.717, 1.165) is 35.4 Å². The topological polar surface area (TPSA) is 94.5 Å². The summed E-state index contributed by atoms with van der Waals surface area (Å²) in [6.45, 7) is 10.6. The molecule has 0 radical (unpaired) electrons. The van der Waals surface area contributed by atoms with E-state index in [1.165, 1.54) is 0 Å². The highest BCUT2D eigenvalue weighted by Crippen LogP contribution is 2.19. The first-order valence-electron chi connectivity index (χ1n) is 13.1. The number of nitrogens with zero attached hydrogens (tertiary/aromatic N) is 2. The van der Waals surface area contributed by atoms with E-state index in [4.69, 9.17) is 14.6 Å². The van der Waals surface area contributed by atoms with E-state index >= 15 is 0 Å². The minimum atomic E-state index is -0.678. The lowest BCUT2D eigenvalue weighted by Crippen LogP contribution is -2.52. The van der Waals surface area contributed by atoms with Gasteiger partial charge in [0.2, 0.25) is 0 Å². The Morgan fingerprint density at radius 1 is 1.00 bits per heavy atom. The lowest BCUT2D eigenvalue weighted by atomic mass is 10.1. The molecule has 200 valence electrons. The molecule has 1 unspecified atom stereocenters. The molecule has 2 N–H and O–H groups in total. The van der Waals surface area contributed by atoms with E-state index in [9.17, 15) is 9.59 Å². The largest absolute Gasteiger partial charge is 0.459 e. The Kier molecular flexibility index (Phi) is 10.2. The number of benzene rings is 2. The highest BCUT2D eigenvalue weighted by Gasteiger charge is 2.29. The zero-order valence-corrected chi connectivity index (χ0v) is 22.6. The number of hydrogen-bond donors (Lipinski definition) is 2. The molecule has 3 rings (SSSR count). The van der Waals surface area contributed by atoms with Gasteiger partial charge in [0.25, 0.3) is 5.91 Å². The van der Waals surface area contributed by atoms with E-state index in [1.54, 1.807) is 0 Å². The van der Waals surface area contributed by atoms with Gasteiger partial charge in [-0.25, -0.2) is 10.5 Å². The third-order valence-corrected chi connectivity index (χ3v) is 5.91. The Balaban J connectivity index is 1.75. The molecule has 3 aromatic rings. The van der Waals surface area contributed by atoms with Crippen LogP contribution in [0.1, 0.15) is 65.3 Å². The summed E-state index contributed by atoms with van der Waals surface area (Å²) >= 11 is 0. The third kappa shape index (κ3) is 8.40. The minimum Gasteiger partial charge on any atom is -0.459 e. The minimum absolute atomic E-state index is 0.245. The van der Waals surface area contributed by atoms with Gasteiger partial charge < -0.3 is 9.30 Å². The van der Waals surface area contributed by atoms with Crippen LogP contribution in [-0.4, -0.2) is 39.1 Å². The Bertz CT molecular complexity index is 1150. The fraction of sp³-hybridized carbons (Fsp3) is 0.483. The van der Waals surface area contributed by atoms with Crippen LogP contribution >= 0.6 is 0 Å². The van der Waals surface area contributed by atoms with Gasteiger partial charge in [-0.15, -0.1) is 0 Å². The third-order valence-electron chi connectivity index (χ3n) is 5.91. The summed E-state index contributed by atoms with van der Waals surface area (Å²) in [4.78, 5) is 36.4. The predicted molar refractivity (Wildman–Crippen MR) is 145 cm³/mol. The molecule has 0 spiro atoms. The Hall–Kier alpha value is -3.23. The highest BCUT2D eigenvalue weighted by molar-refractivity contribution is 5.83. The van der Waals surface area contributed by atoms with Crippen LogP contribution in [0.15, 0.2) is 54.6 Å². The SMILES string of the molecule is CCCn1c(CC[C@H](NC(CC)C(=O)OC(C)(C)C)C(=O)NOCc2ccccc2)nc2ccccc21. The van der Waals surface area contributed by atoms with Crippen LogP contribution in [0.4, 0.5) is 0 Å². The maximum Gasteiger partial charge on any atom is 0.323 e. The van der Waals surface area contributed by atoms with Crippen LogP contribution < -0.4 is 10.8 Å². The van der Waals surface area contributed by atoms with Crippen molar-refractivity contribution in [3.63, 3.8) is 0 Å². The predicted octanol–water partition coefficient (Wildman–Crippen LogP) is 4.71. The summed E-state index contributed by atoms with van der Waals surface area (Å²) in [6, 6.07) is 16.4. The average Bonchev–Trinajstić information content (AvgIpc) is 3.21. The highest BCUT2D eigenvalue weighted by atomic mass is 16.6. The smallest absolute Gasteiger partial charge is 0.323 e. The van der Waals surface area contributed by atoms with Gasteiger partial charge in [0.05, 0.1) is 23.7 Å². The second kappa shape index (κ2) is 13.4. The Morgan fingerprint density at radius 2 is 1.70 bits per heavy atom. The normalized spacial score (nSPS) is 13.3. The van der Waals surface area contributed by atoms with Crippen LogP contribution in [0.5, 0.6) is 0 Å². The number of para-hydroxylation sites is 2. The fourth-order valence-corrected chi connectivity index (χ4v) is 4.16. The number of hydroxylamine groups is 1. The van der Waals surface area contributed by atoms with Crippen molar-refractivity contribution in [2.75, 3.05) is 0 Å². The molecular formula is C29H40N4O4. The molecule has 1 heterocycles. The molecular weight excluding hydrogens is 468 g/mol. The first-order chi connectivity index (χ1) is 17.7. The molecule has 0 saturated heterocycles. The van der Waals surface area contributed by atoms with Crippen molar-refractivity contribution >= 4 is 22.9 Å². The van der Waals surface area contributed by atoms with Crippen LogP contribution in [0, 0.1) is 0 Å². The molecule has 0 bridgehead atoms. The standard InChI is InChI=1S/C29H40N4O4/c1-6-19-33-25-16-12-11-15-23(25)31-26(33)18-17-24(30-22(7-2)28(35)37-29(3,4)5)27(34)32-36-20-21-13-9-8-10-14-21/h8-16,22,24,30H,6-7,17-20H2,1-5H3,(H,32,34)/t22?,24-/m0/s1. The zero-order valence-electron chi connectivity index (χ0n) is 22.6. The van der Waals surface area contributed by atoms with Crippen molar-refractivity contribution in [2.24, 2.45) is 0 Å². The number of nitrogens with one attached hydrogen (secondary N) is 2. The molecule has 0 saturated carbocycles. The molecule has 1 amide bonds. The number of amides is 1. The number of hydrogen-bond acceptors (Lipinski definition) is 6. The number of carbonyl (C=O) groups excluding carboxylic acids is 2. The van der Waals surface area contributed by atoms with Gasteiger partial charge >= 0.3 is 5.97 Å². The summed E-state index contributed by atoms with van der Waals surface area (Å²) in [7, 11) is 0. The number of rotatable bonds is 13. The summed E-state index contributed by atoms with van der Waals surface area (Å²) < 4.78 is 7.79. The van der Waals surface area contributed by atoms with E-state index in [1.807, 2.05) is 76.2 Å². The van der Waals surface area contributed by atoms with E-state index in [2.05, 4.69) is 28.4 Å². The number of fused-ring (bicyclic) bond motifs is 1. The van der Waals surface area contributed by atoms with Crippen molar-refractivity contribution in [3.05, 3.63) is 66.0 Å². The first-order valence-corrected chi connectivity index (χ1v) is 13.1. The van der Waals surface area contributed by atoms with Gasteiger partial charge in [-0.3, -0.25) is 19.7 Å². The lowest BCUT2D eigenvalue weighted by molar-refractivity contribution is -0.158. The van der Waals surface area contributed by atoms with Crippen LogP contribution in [0.2, 0.25) is 0 Å². The number of imidazole rings is 1. The second-order valence-corrected chi connectivity index (χ2v) is 10.2. The van der Waals surface area contributed by atoms with Gasteiger partial charge in [0.15, 0.2) is 0 Å². The van der Waals surface area contributed by atoms with Gasteiger partial charge in [-0.05, 0) is 57.7 Å². The fourth-order valence-electron chi connectivity index (χ4n) is 4.16. The maximum atomic E-state index is 13.2. The molecule has 8 nitrogen and oxygen atoms in total. The number of carbonyl (C=O) groups is 2. The molecule has 0 aliphatic rings. The van der Waals surface area contributed by atoms with Crippen molar-refractivity contribution < 1.29 is 19.2 Å². The van der Waals surface area contributed by atoms with Crippen molar-refractivity contribution in [3.8, 4) is 0 Å². The first kappa shape index (κ1) is 28.3.